The van der Waals surface area contributed by atoms with Crippen LogP contribution in [-0.4, -0.2) is 24.9 Å². The van der Waals surface area contributed by atoms with Crippen molar-refractivity contribution in [3.63, 3.8) is 0 Å². The van der Waals surface area contributed by atoms with Gasteiger partial charge in [0.15, 0.2) is 0 Å². The summed E-state index contributed by atoms with van der Waals surface area (Å²) in [6.45, 7) is 0. The van der Waals surface area contributed by atoms with Gasteiger partial charge in [0.2, 0.25) is 11.8 Å². The van der Waals surface area contributed by atoms with E-state index in [9.17, 15) is 14.0 Å². The summed E-state index contributed by atoms with van der Waals surface area (Å²) in [5.74, 6) is -1.31. The molecule has 2 aliphatic rings. The number of nitrogens with one attached hydrogen (secondary N) is 1. The van der Waals surface area contributed by atoms with Crippen LogP contribution in [0.4, 0.5) is 10.1 Å². The molecule has 0 fully saturated rings. The highest BCUT2D eigenvalue weighted by Crippen LogP contribution is 2.36. The van der Waals surface area contributed by atoms with E-state index >= 15 is 0 Å². The zero-order valence-electron chi connectivity index (χ0n) is 14.0. The van der Waals surface area contributed by atoms with Crippen LogP contribution in [-0.2, 0) is 22.4 Å². The standard InChI is InChI=1S/C20H19FN2O2/c1-23-18-10-14(21)6-7-16(18)17(11-19(23)24)20(25)22-15-8-12-4-2-3-5-13(12)9-15/h2-7,10,15,17H,8-9,11H2,1H3,(H,22,25). The number of hydrogen-bond donors (Lipinski definition) is 1. The van der Waals surface area contributed by atoms with Crippen molar-refractivity contribution in [1.82, 2.24) is 5.32 Å². The van der Waals surface area contributed by atoms with E-state index in [2.05, 4.69) is 17.4 Å². The highest BCUT2D eigenvalue weighted by atomic mass is 19.1. The van der Waals surface area contributed by atoms with E-state index in [1.54, 1.807) is 13.1 Å². The van der Waals surface area contributed by atoms with E-state index in [1.165, 1.54) is 28.2 Å². The Morgan fingerprint density at radius 1 is 1.12 bits per heavy atom. The first-order valence-electron chi connectivity index (χ1n) is 8.46. The molecule has 1 heterocycles. The lowest BCUT2D eigenvalue weighted by Crippen LogP contribution is -2.43. The number of nitrogens with zero attached hydrogens (tertiary/aromatic N) is 1. The van der Waals surface area contributed by atoms with Crippen LogP contribution < -0.4 is 10.2 Å². The normalized spacial score (nSPS) is 19.5. The first-order valence-corrected chi connectivity index (χ1v) is 8.46. The minimum absolute atomic E-state index is 0.0450. The van der Waals surface area contributed by atoms with Gasteiger partial charge in [-0.05, 0) is 41.7 Å². The highest BCUT2D eigenvalue weighted by Gasteiger charge is 2.35. The monoisotopic (exact) mass is 338 g/mol. The molecule has 1 atom stereocenters. The topological polar surface area (TPSA) is 49.4 Å². The van der Waals surface area contributed by atoms with Crippen molar-refractivity contribution >= 4 is 17.5 Å². The smallest absolute Gasteiger partial charge is 0.228 e. The Balaban J connectivity index is 1.55. The Bertz CT molecular complexity index is 840. The summed E-state index contributed by atoms with van der Waals surface area (Å²) >= 11 is 0. The molecule has 1 aliphatic carbocycles. The van der Waals surface area contributed by atoms with Crippen molar-refractivity contribution in [2.45, 2.75) is 31.2 Å². The molecule has 1 aliphatic heterocycles. The highest BCUT2D eigenvalue weighted by molar-refractivity contribution is 6.02. The first kappa shape index (κ1) is 15.8. The van der Waals surface area contributed by atoms with Gasteiger partial charge in [0, 0.05) is 19.5 Å². The summed E-state index contributed by atoms with van der Waals surface area (Å²) < 4.78 is 13.6. The van der Waals surface area contributed by atoms with Gasteiger partial charge in [0.05, 0.1) is 11.6 Å². The molecule has 0 spiro atoms. The maximum atomic E-state index is 13.6. The lowest BCUT2D eigenvalue weighted by atomic mass is 9.88. The molecule has 5 heteroatoms. The third kappa shape index (κ3) is 2.80. The molecule has 0 aromatic heterocycles. The number of anilines is 1. The van der Waals surface area contributed by atoms with Crippen LogP contribution in [0.25, 0.3) is 0 Å². The fourth-order valence-corrected chi connectivity index (χ4v) is 3.85. The summed E-state index contributed by atoms with van der Waals surface area (Å²) in [5, 5.41) is 3.08. The molecule has 1 N–H and O–H groups in total. The predicted molar refractivity (Wildman–Crippen MR) is 92.9 cm³/mol. The van der Waals surface area contributed by atoms with Crippen LogP contribution in [0.2, 0.25) is 0 Å². The molecule has 4 rings (SSSR count). The Kier molecular flexibility index (Phi) is 3.79. The number of amides is 2. The molecule has 0 bridgehead atoms. The number of hydrogen-bond acceptors (Lipinski definition) is 2. The molecule has 2 amide bonds. The molecule has 4 nitrogen and oxygen atoms in total. The average molecular weight is 338 g/mol. The van der Waals surface area contributed by atoms with Crippen LogP contribution in [0.3, 0.4) is 0 Å². The minimum Gasteiger partial charge on any atom is -0.352 e. The van der Waals surface area contributed by atoms with E-state index < -0.39 is 11.7 Å². The number of carbonyl (C=O) groups is 2. The second kappa shape index (κ2) is 5.99. The van der Waals surface area contributed by atoms with E-state index in [4.69, 9.17) is 0 Å². The van der Waals surface area contributed by atoms with Gasteiger partial charge in [0.1, 0.15) is 5.82 Å². The third-order valence-corrected chi connectivity index (χ3v) is 5.20. The summed E-state index contributed by atoms with van der Waals surface area (Å²) in [5.41, 5.74) is 3.70. The number of benzene rings is 2. The maximum absolute atomic E-state index is 13.6. The molecule has 0 saturated carbocycles. The van der Waals surface area contributed by atoms with Gasteiger partial charge in [-0.3, -0.25) is 9.59 Å². The Labute approximate surface area is 145 Å². The summed E-state index contributed by atoms with van der Waals surface area (Å²) in [6, 6.07) is 12.5. The van der Waals surface area contributed by atoms with Crippen molar-refractivity contribution in [2.24, 2.45) is 0 Å². The molecule has 128 valence electrons. The second-order valence-electron chi connectivity index (χ2n) is 6.80. The van der Waals surface area contributed by atoms with Crippen molar-refractivity contribution in [3.8, 4) is 0 Å². The van der Waals surface area contributed by atoms with Gasteiger partial charge in [-0.2, -0.15) is 0 Å². The summed E-state index contributed by atoms with van der Waals surface area (Å²) in [6.07, 6.45) is 1.72. The average Bonchev–Trinajstić information content (AvgIpc) is 3.00. The lowest BCUT2D eigenvalue weighted by molar-refractivity contribution is -0.127. The molecule has 25 heavy (non-hydrogen) atoms. The molecular formula is C20H19FN2O2. The fourth-order valence-electron chi connectivity index (χ4n) is 3.85. The van der Waals surface area contributed by atoms with Crippen molar-refractivity contribution in [2.75, 3.05) is 11.9 Å². The van der Waals surface area contributed by atoms with E-state index in [0.29, 0.717) is 11.3 Å². The van der Waals surface area contributed by atoms with Crippen LogP contribution in [0, 0.1) is 5.82 Å². The van der Waals surface area contributed by atoms with Crippen LogP contribution in [0.15, 0.2) is 42.5 Å². The van der Waals surface area contributed by atoms with Crippen LogP contribution in [0.1, 0.15) is 29.0 Å². The number of fused-ring (bicyclic) bond motifs is 2. The lowest BCUT2D eigenvalue weighted by Gasteiger charge is -2.31. The zero-order chi connectivity index (χ0) is 17.6. The van der Waals surface area contributed by atoms with Gasteiger partial charge in [-0.1, -0.05) is 30.3 Å². The van der Waals surface area contributed by atoms with Crippen molar-refractivity contribution < 1.29 is 14.0 Å². The molecular weight excluding hydrogens is 319 g/mol. The van der Waals surface area contributed by atoms with Gasteiger partial charge < -0.3 is 10.2 Å². The largest absolute Gasteiger partial charge is 0.352 e. The first-order chi connectivity index (χ1) is 12.0. The third-order valence-electron chi connectivity index (χ3n) is 5.20. The van der Waals surface area contributed by atoms with Gasteiger partial charge in [-0.15, -0.1) is 0 Å². The van der Waals surface area contributed by atoms with Gasteiger partial charge >= 0.3 is 0 Å². The van der Waals surface area contributed by atoms with Gasteiger partial charge in [0.25, 0.3) is 0 Å². The fraction of sp³-hybridized carbons (Fsp3) is 0.300. The summed E-state index contributed by atoms with van der Waals surface area (Å²) in [7, 11) is 1.61. The number of carbonyl (C=O) groups excluding carboxylic acids is 2. The zero-order valence-corrected chi connectivity index (χ0v) is 14.0. The van der Waals surface area contributed by atoms with Crippen molar-refractivity contribution in [1.29, 1.82) is 0 Å². The molecule has 2 aromatic rings. The number of rotatable bonds is 2. The predicted octanol–water partition coefficient (Wildman–Crippen LogP) is 2.56. The SMILES string of the molecule is CN1C(=O)CC(C(=O)NC2Cc3ccccc3C2)c2ccc(F)cc21. The van der Waals surface area contributed by atoms with Crippen molar-refractivity contribution in [3.05, 3.63) is 65.0 Å². The molecule has 2 aromatic carbocycles. The van der Waals surface area contributed by atoms with Crippen LogP contribution in [0.5, 0.6) is 0 Å². The second-order valence-corrected chi connectivity index (χ2v) is 6.80. The molecule has 0 saturated heterocycles. The van der Waals surface area contributed by atoms with E-state index in [-0.39, 0.29) is 24.3 Å². The Morgan fingerprint density at radius 3 is 2.48 bits per heavy atom. The van der Waals surface area contributed by atoms with Crippen LogP contribution >= 0.6 is 0 Å². The minimum atomic E-state index is -0.567. The maximum Gasteiger partial charge on any atom is 0.228 e. The quantitative estimate of drug-likeness (QED) is 0.915. The summed E-state index contributed by atoms with van der Waals surface area (Å²) in [4.78, 5) is 26.5. The van der Waals surface area contributed by atoms with E-state index in [1.807, 2.05) is 12.1 Å². The number of halogens is 1. The Hall–Kier alpha value is -2.69. The molecule has 1 unspecified atom stereocenters. The Morgan fingerprint density at radius 2 is 1.80 bits per heavy atom. The molecule has 0 radical (unpaired) electrons. The van der Waals surface area contributed by atoms with E-state index in [0.717, 1.165) is 12.8 Å². The van der Waals surface area contributed by atoms with Gasteiger partial charge in [-0.25, -0.2) is 4.39 Å².